The highest BCUT2D eigenvalue weighted by molar-refractivity contribution is 5.94. The summed E-state index contributed by atoms with van der Waals surface area (Å²) in [4.78, 5) is 33.0. The smallest absolute Gasteiger partial charge is 0.272 e. The Balaban J connectivity index is 1.33. The second-order valence-corrected chi connectivity index (χ2v) is 7.25. The molecule has 0 saturated carbocycles. The average molecular weight is 395 g/mol. The molecule has 29 heavy (non-hydrogen) atoms. The van der Waals surface area contributed by atoms with Gasteiger partial charge in [-0.05, 0) is 49.2 Å². The summed E-state index contributed by atoms with van der Waals surface area (Å²) in [5.74, 6) is 0.659. The minimum absolute atomic E-state index is 0.0165. The van der Waals surface area contributed by atoms with Gasteiger partial charge in [-0.25, -0.2) is 0 Å². The lowest BCUT2D eigenvalue weighted by Gasteiger charge is -2.27. The lowest BCUT2D eigenvalue weighted by Crippen LogP contribution is -2.40. The van der Waals surface area contributed by atoms with E-state index in [1.807, 2.05) is 23.1 Å². The van der Waals surface area contributed by atoms with Gasteiger partial charge in [-0.2, -0.15) is 0 Å². The number of carbonyl (C=O) groups is 2. The molecule has 0 N–H and O–H groups in total. The largest absolute Gasteiger partial charge is 0.491 e. The number of amides is 2. The molecule has 2 amide bonds. The van der Waals surface area contributed by atoms with E-state index in [-0.39, 0.29) is 17.9 Å². The van der Waals surface area contributed by atoms with E-state index in [2.05, 4.69) is 4.98 Å². The first-order chi connectivity index (χ1) is 14.2. The van der Waals surface area contributed by atoms with Gasteiger partial charge in [-0.1, -0.05) is 6.07 Å². The molecule has 2 saturated heterocycles. The van der Waals surface area contributed by atoms with Crippen molar-refractivity contribution in [3.63, 3.8) is 0 Å². The van der Waals surface area contributed by atoms with E-state index in [1.54, 1.807) is 35.4 Å². The number of ether oxygens (including phenoxy) is 2. The summed E-state index contributed by atoms with van der Waals surface area (Å²) in [7, 11) is 0. The Morgan fingerprint density at radius 1 is 1.03 bits per heavy atom. The van der Waals surface area contributed by atoms with Crippen LogP contribution in [0.2, 0.25) is 0 Å². The van der Waals surface area contributed by atoms with Gasteiger partial charge in [0.15, 0.2) is 0 Å². The summed E-state index contributed by atoms with van der Waals surface area (Å²) in [6, 6.07) is 12.6. The zero-order valence-corrected chi connectivity index (χ0v) is 16.3. The topological polar surface area (TPSA) is 72.0 Å². The van der Waals surface area contributed by atoms with Crippen LogP contribution in [0.3, 0.4) is 0 Å². The molecule has 2 aromatic rings. The fourth-order valence-corrected chi connectivity index (χ4v) is 3.75. The van der Waals surface area contributed by atoms with Crippen LogP contribution in [0.25, 0.3) is 0 Å². The van der Waals surface area contributed by atoms with Crippen molar-refractivity contribution in [1.29, 1.82) is 0 Å². The van der Waals surface area contributed by atoms with Crippen LogP contribution in [0, 0.1) is 0 Å². The molecule has 0 bridgehead atoms. The summed E-state index contributed by atoms with van der Waals surface area (Å²) in [5.41, 5.74) is 1.11. The second kappa shape index (κ2) is 9.05. The predicted molar refractivity (Wildman–Crippen MR) is 107 cm³/mol. The summed E-state index contributed by atoms with van der Waals surface area (Å²) in [6.45, 7) is 3.56. The molecule has 7 nitrogen and oxygen atoms in total. The van der Waals surface area contributed by atoms with Crippen LogP contribution in [0.15, 0.2) is 48.7 Å². The summed E-state index contributed by atoms with van der Waals surface area (Å²) in [5, 5.41) is 0. The number of hydrogen-bond acceptors (Lipinski definition) is 5. The number of aromatic nitrogens is 1. The van der Waals surface area contributed by atoms with Gasteiger partial charge in [-0.15, -0.1) is 0 Å². The summed E-state index contributed by atoms with van der Waals surface area (Å²) < 4.78 is 11.2. The molecule has 2 fully saturated rings. The first-order valence-corrected chi connectivity index (χ1v) is 10.0. The predicted octanol–water partition coefficient (Wildman–Crippen LogP) is 2.24. The Hall–Kier alpha value is -2.93. The highest BCUT2D eigenvalue weighted by atomic mass is 16.5. The van der Waals surface area contributed by atoms with Crippen LogP contribution in [0.1, 0.15) is 33.7 Å². The van der Waals surface area contributed by atoms with Crippen LogP contribution in [0.4, 0.5) is 0 Å². The van der Waals surface area contributed by atoms with Gasteiger partial charge in [0.2, 0.25) is 0 Å². The zero-order valence-electron chi connectivity index (χ0n) is 16.3. The Labute approximate surface area is 170 Å². The molecule has 152 valence electrons. The number of hydrogen-bond donors (Lipinski definition) is 0. The molecule has 2 aliphatic rings. The number of likely N-dealkylation sites (tertiary alicyclic amines) is 1. The number of benzene rings is 1. The van der Waals surface area contributed by atoms with Crippen molar-refractivity contribution in [2.45, 2.75) is 18.9 Å². The molecule has 1 unspecified atom stereocenters. The first-order valence-electron chi connectivity index (χ1n) is 10.0. The zero-order chi connectivity index (χ0) is 20.1. The molecule has 4 rings (SSSR count). The maximum atomic E-state index is 12.7. The van der Waals surface area contributed by atoms with Crippen LogP contribution < -0.4 is 4.74 Å². The van der Waals surface area contributed by atoms with Gasteiger partial charge >= 0.3 is 0 Å². The van der Waals surface area contributed by atoms with E-state index in [0.717, 1.165) is 19.4 Å². The molecule has 2 aliphatic heterocycles. The molecule has 3 heterocycles. The molecular formula is C22H25N3O4. The molecular weight excluding hydrogens is 370 g/mol. The van der Waals surface area contributed by atoms with Crippen LogP contribution in [-0.2, 0) is 4.74 Å². The van der Waals surface area contributed by atoms with Gasteiger partial charge < -0.3 is 19.3 Å². The van der Waals surface area contributed by atoms with E-state index in [9.17, 15) is 9.59 Å². The van der Waals surface area contributed by atoms with Crippen molar-refractivity contribution in [1.82, 2.24) is 14.8 Å². The molecule has 1 aromatic heterocycles. The standard InChI is InChI=1S/C22H25N3O4/c26-21(24-12-14-28-15-13-24)17-6-8-19(9-7-17)29-16-18-4-3-11-25(18)22(27)20-5-1-2-10-23-20/h1-2,5-10,18H,3-4,11-16H2. The molecule has 0 radical (unpaired) electrons. The number of pyridine rings is 1. The van der Waals surface area contributed by atoms with Gasteiger partial charge in [0, 0.05) is 31.4 Å². The fourth-order valence-electron chi connectivity index (χ4n) is 3.75. The SMILES string of the molecule is O=C(c1ccc(OCC2CCCN2C(=O)c2ccccn2)cc1)N1CCOCC1. The van der Waals surface area contributed by atoms with Crippen molar-refractivity contribution in [3.8, 4) is 5.75 Å². The number of nitrogens with zero attached hydrogens (tertiary/aromatic N) is 3. The normalized spacial score (nSPS) is 19.2. The lowest BCUT2D eigenvalue weighted by molar-refractivity contribution is 0.0303. The Morgan fingerprint density at radius 2 is 1.83 bits per heavy atom. The van der Waals surface area contributed by atoms with Crippen molar-refractivity contribution in [2.75, 3.05) is 39.5 Å². The van der Waals surface area contributed by atoms with E-state index >= 15 is 0 Å². The fraction of sp³-hybridized carbons (Fsp3) is 0.409. The maximum Gasteiger partial charge on any atom is 0.272 e. The third kappa shape index (κ3) is 4.56. The third-order valence-corrected chi connectivity index (χ3v) is 5.36. The maximum absolute atomic E-state index is 12.7. The quantitative estimate of drug-likeness (QED) is 0.776. The van der Waals surface area contributed by atoms with Gasteiger partial charge in [0.25, 0.3) is 11.8 Å². The molecule has 1 atom stereocenters. The molecule has 0 aliphatic carbocycles. The lowest BCUT2D eigenvalue weighted by atomic mass is 10.2. The van der Waals surface area contributed by atoms with Gasteiger partial charge in [-0.3, -0.25) is 14.6 Å². The van der Waals surface area contributed by atoms with Crippen molar-refractivity contribution in [2.24, 2.45) is 0 Å². The average Bonchev–Trinajstić information content (AvgIpc) is 3.27. The second-order valence-electron chi connectivity index (χ2n) is 7.25. The minimum Gasteiger partial charge on any atom is -0.491 e. The highest BCUT2D eigenvalue weighted by Crippen LogP contribution is 2.22. The monoisotopic (exact) mass is 395 g/mol. The van der Waals surface area contributed by atoms with E-state index < -0.39 is 0 Å². The van der Waals surface area contributed by atoms with Crippen molar-refractivity contribution in [3.05, 3.63) is 59.9 Å². The molecule has 0 spiro atoms. The third-order valence-electron chi connectivity index (χ3n) is 5.36. The van der Waals surface area contributed by atoms with Crippen LogP contribution in [0.5, 0.6) is 5.75 Å². The molecule has 7 heteroatoms. The van der Waals surface area contributed by atoms with Crippen LogP contribution >= 0.6 is 0 Å². The number of rotatable bonds is 5. The van der Waals surface area contributed by atoms with Crippen molar-refractivity contribution < 1.29 is 19.1 Å². The molecule has 1 aromatic carbocycles. The Kier molecular flexibility index (Phi) is 6.05. The Bertz CT molecular complexity index is 835. The van der Waals surface area contributed by atoms with Crippen molar-refractivity contribution >= 4 is 11.8 Å². The minimum atomic E-state index is -0.0526. The summed E-state index contributed by atoms with van der Waals surface area (Å²) >= 11 is 0. The number of morpholine rings is 1. The van der Waals surface area contributed by atoms with E-state index in [1.165, 1.54) is 0 Å². The van der Waals surface area contributed by atoms with E-state index in [4.69, 9.17) is 9.47 Å². The summed E-state index contributed by atoms with van der Waals surface area (Å²) in [6.07, 6.45) is 3.50. The van der Waals surface area contributed by atoms with Gasteiger partial charge in [0.05, 0.1) is 19.3 Å². The number of carbonyl (C=O) groups excluding carboxylic acids is 2. The Morgan fingerprint density at radius 3 is 2.55 bits per heavy atom. The van der Waals surface area contributed by atoms with Gasteiger partial charge in [0.1, 0.15) is 18.1 Å². The highest BCUT2D eigenvalue weighted by Gasteiger charge is 2.30. The first kappa shape index (κ1) is 19.4. The van der Waals surface area contributed by atoms with Crippen LogP contribution in [-0.4, -0.2) is 72.1 Å². The van der Waals surface area contributed by atoms with E-state index in [0.29, 0.717) is 49.9 Å².